The first-order valence-electron chi connectivity index (χ1n) is 17.4. The van der Waals surface area contributed by atoms with Crippen LogP contribution in [0.2, 0.25) is 0 Å². The Hall–Kier alpha value is -7.10. The van der Waals surface area contributed by atoms with E-state index in [1.165, 1.54) is 17.7 Å². The first-order valence-corrected chi connectivity index (χ1v) is 17.4. The monoisotopic (exact) mass is 764 g/mol. The first kappa shape index (κ1) is 41.7. The van der Waals surface area contributed by atoms with Gasteiger partial charge in [0, 0.05) is 12.1 Å². The number of nitrogens with one attached hydrogen (secondary N) is 3. The molecule has 0 spiro atoms. The molecule has 0 aliphatic carbocycles. The van der Waals surface area contributed by atoms with Crippen LogP contribution in [0.15, 0.2) is 109 Å². The lowest BCUT2D eigenvalue weighted by molar-refractivity contribution is -0.393. The fourth-order valence-electron chi connectivity index (χ4n) is 6.42. The second-order valence-corrected chi connectivity index (χ2v) is 14.9. The number of hydrogen-bond acceptors (Lipinski definition) is 12. The highest BCUT2D eigenvalue weighted by Crippen LogP contribution is 2.38. The molecule has 5 rings (SSSR count). The summed E-state index contributed by atoms with van der Waals surface area (Å²) in [5, 5.41) is 46.6. The summed E-state index contributed by atoms with van der Waals surface area (Å²) in [4.78, 5) is 42.3. The van der Waals surface area contributed by atoms with Crippen molar-refractivity contribution < 1.29 is 19.7 Å². The van der Waals surface area contributed by atoms with Gasteiger partial charge < -0.3 is 5.43 Å². The molecular formula is C40H44N8O8. The Morgan fingerprint density at radius 1 is 0.554 bits per heavy atom. The Morgan fingerprint density at radius 3 is 1.39 bits per heavy atom. The lowest BCUT2D eigenvalue weighted by atomic mass is 9.72. The largest absolute Gasteiger partial charge is 0.301 e. The maximum Gasteiger partial charge on any atom is 0.301 e. The van der Waals surface area contributed by atoms with E-state index in [1.807, 2.05) is 84.9 Å². The Bertz CT molecular complexity index is 2170. The van der Waals surface area contributed by atoms with E-state index < -0.39 is 19.7 Å². The predicted octanol–water partition coefficient (Wildman–Crippen LogP) is 10.9. The number of aryl methyl sites for hydroxylation is 2. The number of anilines is 5. The number of hydrogen-bond donors (Lipinski definition) is 3. The van der Waals surface area contributed by atoms with Crippen LogP contribution in [0, 0.1) is 59.7 Å². The summed E-state index contributed by atoms with van der Waals surface area (Å²) in [6, 6.07) is 31.0. The summed E-state index contributed by atoms with van der Waals surface area (Å²) < 4.78 is 0. The van der Waals surface area contributed by atoms with Gasteiger partial charge in [0.15, 0.2) is 0 Å². The van der Waals surface area contributed by atoms with E-state index in [4.69, 9.17) is 0 Å². The van der Waals surface area contributed by atoms with Crippen LogP contribution in [0.1, 0.15) is 57.7 Å². The Kier molecular flexibility index (Phi) is 12.9. The summed E-state index contributed by atoms with van der Waals surface area (Å²) in [6.07, 6.45) is 1.03. The van der Waals surface area contributed by atoms with Crippen LogP contribution in [0.4, 0.5) is 51.2 Å². The third-order valence-corrected chi connectivity index (χ3v) is 8.64. The van der Waals surface area contributed by atoms with Crippen molar-refractivity contribution in [3.8, 4) is 0 Å². The summed E-state index contributed by atoms with van der Waals surface area (Å²) >= 11 is 0. The van der Waals surface area contributed by atoms with Crippen molar-refractivity contribution in [2.24, 2.45) is 5.41 Å². The normalized spacial score (nSPS) is 11.1. The second-order valence-electron chi connectivity index (χ2n) is 14.9. The minimum atomic E-state index is -0.644. The second kappa shape index (κ2) is 17.4. The molecule has 0 atom stereocenters. The Morgan fingerprint density at radius 2 is 0.982 bits per heavy atom. The van der Waals surface area contributed by atoms with Crippen molar-refractivity contribution in [1.82, 2.24) is 0 Å². The van der Waals surface area contributed by atoms with Gasteiger partial charge in [0.05, 0.1) is 48.9 Å². The first-order chi connectivity index (χ1) is 26.3. The van der Waals surface area contributed by atoms with Gasteiger partial charge in [-0.1, -0.05) is 83.1 Å². The molecule has 0 bridgehead atoms. The van der Waals surface area contributed by atoms with Crippen LogP contribution in [-0.2, 0) is 5.41 Å². The maximum atomic E-state index is 11.5. The molecule has 0 saturated carbocycles. The quantitative estimate of drug-likeness (QED) is 0.0754. The zero-order valence-corrected chi connectivity index (χ0v) is 32.1. The van der Waals surface area contributed by atoms with Crippen LogP contribution in [0.25, 0.3) is 0 Å². The molecule has 3 N–H and O–H groups in total. The van der Waals surface area contributed by atoms with Crippen molar-refractivity contribution in [2.75, 3.05) is 21.3 Å². The molecule has 0 radical (unpaired) electrons. The van der Waals surface area contributed by atoms with Gasteiger partial charge in [-0.05, 0) is 84.2 Å². The highest BCUT2D eigenvalue weighted by molar-refractivity contribution is 5.76. The van der Waals surface area contributed by atoms with Crippen molar-refractivity contribution in [3.05, 3.63) is 166 Å². The molecule has 0 heterocycles. The number of nitrogens with zero attached hydrogens (tertiary/aromatic N) is 5. The third kappa shape index (κ3) is 10.7. The zero-order chi connectivity index (χ0) is 41.4. The third-order valence-electron chi connectivity index (χ3n) is 8.64. The SMILES string of the molecule is Cc1cc([N+](=O)[O-])cc([N+](=O)[O-])c1NN(c1ccccc1)c1ccccc1.Cc1cc([N+](=O)[O-])cc([N+](=O)[O-])c1NNc1ccc(C(C)(C)CC(C)(C)C)cc1. The molecule has 5 aromatic rings. The predicted molar refractivity (Wildman–Crippen MR) is 218 cm³/mol. The topological polar surface area (TPSA) is 212 Å². The molecule has 0 unspecified atom stereocenters. The molecular weight excluding hydrogens is 720 g/mol. The van der Waals surface area contributed by atoms with E-state index in [1.54, 1.807) is 18.9 Å². The smallest absolute Gasteiger partial charge is 0.301 e. The molecule has 292 valence electrons. The molecule has 16 heteroatoms. The van der Waals surface area contributed by atoms with Crippen LogP contribution < -0.4 is 21.3 Å². The molecule has 16 nitrogen and oxygen atoms in total. The Balaban J connectivity index is 0.000000249. The fourth-order valence-corrected chi connectivity index (χ4v) is 6.42. The summed E-state index contributed by atoms with van der Waals surface area (Å²) in [7, 11) is 0. The number of nitro benzene ring substituents is 4. The Labute approximate surface area is 323 Å². The van der Waals surface area contributed by atoms with Crippen molar-refractivity contribution in [2.45, 2.75) is 60.3 Å². The van der Waals surface area contributed by atoms with E-state index in [0.29, 0.717) is 11.1 Å². The molecule has 0 aliphatic rings. The van der Waals surface area contributed by atoms with Gasteiger partial charge in [-0.15, -0.1) is 0 Å². The van der Waals surface area contributed by atoms with Gasteiger partial charge >= 0.3 is 11.4 Å². The molecule has 0 aliphatic heterocycles. The standard InChI is InChI=1S/C21H28N4O4.C19H16N4O4/c1-14-11-17(24(26)27)12-18(25(28)29)19(14)23-22-16-9-7-15(8-10-16)21(5,6)13-20(2,3)4;1-14-12-17(22(24)25)13-18(23(26)27)19(14)20-21(15-8-4-2-5-9-15)16-10-6-3-7-11-16/h7-12,22-23H,13H2,1-6H3;2-13,20H,1H3. The maximum absolute atomic E-state index is 11.5. The van der Waals surface area contributed by atoms with Crippen LogP contribution >= 0.6 is 0 Å². The number of nitro groups is 4. The summed E-state index contributed by atoms with van der Waals surface area (Å²) in [5.41, 5.74) is 12.3. The average molecular weight is 765 g/mol. The van der Waals surface area contributed by atoms with E-state index in [9.17, 15) is 40.5 Å². The van der Waals surface area contributed by atoms with Gasteiger partial charge in [-0.25, -0.2) is 0 Å². The number of non-ortho nitro benzene ring substituents is 2. The van der Waals surface area contributed by atoms with Crippen LogP contribution in [-0.4, -0.2) is 19.7 Å². The molecule has 0 saturated heterocycles. The van der Waals surface area contributed by atoms with Crippen LogP contribution in [0.5, 0.6) is 0 Å². The molecule has 0 amide bonds. The van der Waals surface area contributed by atoms with Gasteiger partial charge in [0.1, 0.15) is 11.4 Å². The van der Waals surface area contributed by atoms with E-state index >= 15 is 0 Å². The zero-order valence-electron chi connectivity index (χ0n) is 32.1. The van der Waals surface area contributed by atoms with Gasteiger partial charge in [0.25, 0.3) is 11.4 Å². The number of para-hydroxylation sites is 2. The van der Waals surface area contributed by atoms with Crippen molar-refractivity contribution in [3.63, 3.8) is 0 Å². The minimum Gasteiger partial charge on any atom is -0.301 e. The fraction of sp³-hybridized carbons (Fsp3) is 0.250. The van der Waals surface area contributed by atoms with Crippen LogP contribution in [0.3, 0.4) is 0 Å². The van der Waals surface area contributed by atoms with Crippen molar-refractivity contribution in [1.29, 1.82) is 0 Å². The minimum absolute atomic E-state index is 0.0119. The van der Waals surface area contributed by atoms with Crippen molar-refractivity contribution >= 4 is 51.2 Å². The molecule has 56 heavy (non-hydrogen) atoms. The van der Waals surface area contributed by atoms with E-state index in [0.717, 1.165) is 35.6 Å². The molecule has 5 aromatic carbocycles. The lowest BCUT2D eigenvalue weighted by Crippen LogP contribution is -2.25. The molecule has 0 fully saturated rings. The lowest BCUT2D eigenvalue weighted by Gasteiger charge is -2.33. The van der Waals surface area contributed by atoms with Gasteiger partial charge in [-0.3, -0.25) is 56.3 Å². The molecule has 0 aromatic heterocycles. The highest BCUT2D eigenvalue weighted by atomic mass is 16.6. The van der Waals surface area contributed by atoms with Gasteiger partial charge in [0.2, 0.25) is 0 Å². The van der Waals surface area contributed by atoms with E-state index in [2.05, 4.69) is 50.9 Å². The summed E-state index contributed by atoms with van der Waals surface area (Å²) in [5.74, 6) is 0. The summed E-state index contributed by atoms with van der Waals surface area (Å²) in [6.45, 7) is 14.2. The number of hydrazine groups is 2. The average Bonchev–Trinajstić information content (AvgIpc) is 3.13. The highest BCUT2D eigenvalue weighted by Gasteiger charge is 2.28. The van der Waals surface area contributed by atoms with E-state index in [-0.39, 0.29) is 45.0 Å². The van der Waals surface area contributed by atoms with Gasteiger partial charge in [-0.2, -0.15) is 0 Å². The number of rotatable bonds is 13. The number of benzene rings is 5.